The van der Waals surface area contributed by atoms with Crippen molar-refractivity contribution in [2.24, 2.45) is 5.92 Å². The molecule has 6 rings (SSSR count). The number of nitrogens with zero attached hydrogens (tertiary/aromatic N) is 2. The Morgan fingerprint density at radius 3 is 2.16 bits per heavy atom. The van der Waals surface area contributed by atoms with E-state index in [0.717, 1.165) is 54.8 Å². The number of alkyl halides is 3. The highest BCUT2D eigenvalue weighted by Crippen LogP contribution is 2.46. The van der Waals surface area contributed by atoms with Gasteiger partial charge in [-0.1, -0.05) is 53.5 Å². The standard InChI is InChI=1S/C36H34Cl2F4N2O5/c37-25-15-24(16-26(38)17-25)32(23-5-2-1-3-6-23)43-13-10-21(11-14-43)20-48-31-19-29(39)28(18-27(31)22-8-9-22)33(45)44-12-4-7-30(44)34(46)49-35(47)36(40,41)42/h1-3,5-6,15-19,21-22,30,32H,4,7-14,20H2. The second kappa shape index (κ2) is 14.7. The number of carbonyl (C=O) groups excluding carboxylic acids is 3. The first-order valence-corrected chi connectivity index (χ1v) is 17.0. The molecule has 3 aromatic rings. The molecule has 1 amide bonds. The molecule has 2 saturated heterocycles. The minimum absolute atomic E-state index is 0.00341. The molecule has 3 aromatic carbocycles. The summed E-state index contributed by atoms with van der Waals surface area (Å²) >= 11 is 12.7. The molecule has 3 aliphatic rings. The Bertz CT molecular complexity index is 1690. The number of carbonyl (C=O) groups is 3. The SMILES string of the molecule is O=C(OC(=O)C(F)(F)F)C1CCCN1C(=O)c1cc(C2CC2)c(OCC2CCN(C(c3ccccc3)c3cc(Cl)cc(Cl)c3)CC2)cc1F. The van der Waals surface area contributed by atoms with Crippen molar-refractivity contribution in [3.05, 3.63) is 98.8 Å². The Morgan fingerprint density at radius 1 is 0.857 bits per heavy atom. The van der Waals surface area contributed by atoms with Crippen molar-refractivity contribution in [1.82, 2.24) is 9.80 Å². The molecule has 7 nitrogen and oxygen atoms in total. The normalized spacial score (nSPS) is 19.5. The van der Waals surface area contributed by atoms with E-state index in [-0.39, 0.29) is 42.8 Å². The maximum Gasteiger partial charge on any atom is 0.491 e. The van der Waals surface area contributed by atoms with E-state index in [1.165, 1.54) is 12.1 Å². The zero-order chi connectivity index (χ0) is 34.9. The van der Waals surface area contributed by atoms with E-state index < -0.39 is 35.9 Å². The number of halogens is 6. The zero-order valence-electron chi connectivity index (χ0n) is 26.4. The lowest BCUT2D eigenvalue weighted by Gasteiger charge is -2.38. The molecule has 3 fully saturated rings. The highest BCUT2D eigenvalue weighted by molar-refractivity contribution is 6.34. The van der Waals surface area contributed by atoms with Crippen LogP contribution in [0.15, 0.2) is 60.7 Å². The summed E-state index contributed by atoms with van der Waals surface area (Å²) in [5.74, 6) is -5.25. The van der Waals surface area contributed by atoms with Crippen LogP contribution in [0.25, 0.3) is 0 Å². The van der Waals surface area contributed by atoms with E-state index >= 15 is 4.39 Å². The van der Waals surface area contributed by atoms with E-state index in [1.807, 2.05) is 30.3 Å². The van der Waals surface area contributed by atoms with Gasteiger partial charge < -0.3 is 14.4 Å². The molecule has 0 aromatic heterocycles. The average molecular weight is 722 g/mol. The van der Waals surface area contributed by atoms with Gasteiger partial charge in [-0.25, -0.2) is 14.0 Å². The molecule has 13 heteroatoms. The Labute approximate surface area is 291 Å². The van der Waals surface area contributed by atoms with Gasteiger partial charge in [0.05, 0.1) is 18.2 Å². The first kappa shape index (κ1) is 35.2. The molecule has 2 heterocycles. The van der Waals surface area contributed by atoms with E-state index in [4.69, 9.17) is 27.9 Å². The van der Waals surface area contributed by atoms with Gasteiger partial charge in [-0.15, -0.1) is 0 Å². The van der Waals surface area contributed by atoms with Crippen LogP contribution in [0, 0.1) is 11.7 Å². The van der Waals surface area contributed by atoms with E-state index in [9.17, 15) is 27.6 Å². The lowest BCUT2D eigenvalue weighted by atomic mass is 9.91. The molecule has 2 unspecified atom stereocenters. The van der Waals surface area contributed by atoms with Crippen LogP contribution in [0.5, 0.6) is 5.75 Å². The number of rotatable bonds is 9. The van der Waals surface area contributed by atoms with Gasteiger partial charge in [0.2, 0.25) is 0 Å². The van der Waals surface area contributed by atoms with Gasteiger partial charge in [-0.3, -0.25) is 9.69 Å². The number of amides is 1. The van der Waals surface area contributed by atoms with Gasteiger partial charge >= 0.3 is 18.1 Å². The third-order valence-electron chi connectivity index (χ3n) is 9.36. The largest absolute Gasteiger partial charge is 0.493 e. The quantitative estimate of drug-likeness (QED) is 0.126. The van der Waals surface area contributed by atoms with Crippen molar-refractivity contribution >= 4 is 41.0 Å². The van der Waals surface area contributed by atoms with Gasteiger partial charge in [0, 0.05) is 22.7 Å². The second-order valence-electron chi connectivity index (χ2n) is 12.8. The number of piperidine rings is 1. The van der Waals surface area contributed by atoms with Gasteiger partial charge in [0.1, 0.15) is 17.6 Å². The smallest absolute Gasteiger partial charge is 0.491 e. The summed E-state index contributed by atoms with van der Waals surface area (Å²) in [6.07, 6.45) is -1.76. The van der Waals surface area contributed by atoms with Crippen molar-refractivity contribution in [3.63, 3.8) is 0 Å². The summed E-state index contributed by atoms with van der Waals surface area (Å²) in [4.78, 5) is 40.4. The molecular weight excluding hydrogens is 687 g/mol. The maximum atomic E-state index is 15.5. The average Bonchev–Trinajstić information content (AvgIpc) is 3.78. The van der Waals surface area contributed by atoms with E-state index in [1.54, 1.807) is 6.07 Å². The number of hydrogen-bond donors (Lipinski definition) is 0. The fraction of sp³-hybridized carbons (Fsp3) is 0.417. The summed E-state index contributed by atoms with van der Waals surface area (Å²) in [5, 5.41) is 1.14. The number of ether oxygens (including phenoxy) is 2. The van der Waals surface area contributed by atoms with Crippen LogP contribution in [-0.2, 0) is 14.3 Å². The Morgan fingerprint density at radius 2 is 1.53 bits per heavy atom. The van der Waals surface area contributed by atoms with Crippen molar-refractivity contribution in [3.8, 4) is 5.75 Å². The predicted octanol–water partition coefficient (Wildman–Crippen LogP) is 8.13. The van der Waals surface area contributed by atoms with Crippen molar-refractivity contribution in [2.75, 3.05) is 26.2 Å². The van der Waals surface area contributed by atoms with Crippen LogP contribution in [0.4, 0.5) is 17.6 Å². The van der Waals surface area contributed by atoms with Crippen LogP contribution in [0.3, 0.4) is 0 Å². The van der Waals surface area contributed by atoms with Crippen LogP contribution in [0.1, 0.15) is 77.5 Å². The molecule has 0 radical (unpaired) electrons. The van der Waals surface area contributed by atoms with Crippen molar-refractivity contribution < 1.29 is 41.4 Å². The lowest BCUT2D eigenvalue weighted by molar-refractivity contribution is -0.203. The van der Waals surface area contributed by atoms with Gasteiger partial charge in [0.15, 0.2) is 0 Å². The number of benzene rings is 3. The molecule has 2 atom stereocenters. The Hall–Kier alpha value is -3.67. The van der Waals surface area contributed by atoms with Crippen molar-refractivity contribution in [1.29, 1.82) is 0 Å². The molecule has 2 aliphatic heterocycles. The summed E-state index contributed by atoms with van der Waals surface area (Å²) in [6.45, 7) is 1.92. The van der Waals surface area contributed by atoms with Gasteiger partial charge in [-0.2, -0.15) is 13.2 Å². The number of likely N-dealkylation sites (tertiary alicyclic amines) is 2. The van der Waals surface area contributed by atoms with Crippen LogP contribution < -0.4 is 4.74 Å². The van der Waals surface area contributed by atoms with E-state index in [2.05, 4.69) is 21.8 Å². The summed E-state index contributed by atoms with van der Waals surface area (Å²) in [6, 6.07) is 16.9. The first-order valence-electron chi connectivity index (χ1n) is 16.2. The molecule has 260 valence electrons. The second-order valence-corrected chi connectivity index (χ2v) is 13.7. The zero-order valence-corrected chi connectivity index (χ0v) is 27.9. The minimum Gasteiger partial charge on any atom is -0.493 e. The van der Waals surface area contributed by atoms with Crippen molar-refractivity contribution in [2.45, 2.75) is 62.7 Å². The molecule has 0 spiro atoms. The molecule has 0 N–H and O–H groups in total. The number of esters is 2. The predicted molar refractivity (Wildman–Crippen MR) is 174 cm³/mol. The minimum atomic E-state index is -5.36. The highest BCUT2D eigenvalue weighted by atomic mass is 35.5. The fourth-order valence-corrected chi connectivity index (χ4v) is 7.31. The maximum absolute atomic E-state index is 15.5. The van der Waals surface area contributed by atoms with Gasteiger partial charge in [-0.05, 0) is 104 Å². The first-order chi connectivity index (χ1) is 23.4. The highest BCUT2D eigenvalue weighted by Gasteiger charge is 2.45. The topological polar surface area (TPSA) is 76.2 Å². The Kier molecular flexibility index (Phi) is 10.5. The summed E-state index contributed by atoms with van der Waals surface area (Å²) < 4.78 is 63.6. The van der Waals surface area contributed by atoms with Crippen LogP contribution in [0.2, 0.25) is 10.0 Å². The lowest BCUT2D eigenvalue weighted by Crippen LogP contribution is -2.43. The third kappa shape index (κ3) is 8.22. The fourth-order valence-electron chi connectivity index (χ4n) is 6.77. The number of hydrogen-bond acceptors (Lipinski definition) is 6. The molecule has 49 heavy (non-hydrogen) atoms. The molecular formula is C36H34Cl2F4N2O5. The van der Waals surface area contributed by atoms with Crippen LogP contribution in [-0.4, -0.2) is 66.1 Å². The molecule has 1 saturated carbocycles. The summed E-state index contributed by atoms with van der Waals surface area (Å²) in [7, 11) is 0. The summed E-state index contributed by atoms with van der Waals surface area (Å²) in [5.41, 5.74) is 2.50. The van der Waals surface area contributed by atoms with Crippen LogP contribution >= 0.6 is 23.2 Å². The third-order valence-corrected chi connectivity index (χ3v) is 9.80. The monoisotopic (exact) mass is 720 g/mol. The van der Waals surface area contributed by atoms with Gasteiger partial charge in [0.25, 0.3) is 5.91 Å². The van der Waals surface area contributed by atoms with E-state index in [0.29, 0.717) is 28.0 Å². The Balaban J connectivity index is 1.12. The molecule has 0 bridgehead atoms. The molecule has 1 aliphatic carbocycles.